The summed E-state index contributed by atoms with van der Waals surface area (Å²) in [5.41, 5.74) is 10.5. The molecule has 1 unspecified atom stereocenters. The van der Waals surface area contributed by atoms with E-state index in [9.17, 15) is 0 Å². The van der Waals surface area contributed by atoms with Crippen molar-refractivity contribution in [1.29, 1.82) is 0 Å². The van der Waals surface area contributed by atoms with Crippen molar-refractivity contribution in [2.75, 3.05) is 0 Å². The molecule has 1 aromatic carbocycles. The van der Waals surface area contributed by atoms with Crippen LogP contribution in [0.5, 0.6) is 0 Å². The van der Waals surface area contributed by atoms with Crippen LogP contribution in [0.15, 0.2) is 17.7 Å². The van der Waals surface area contributed by atoms with Gasteiger partial charge in [-0.2, -0.15) is 0 Å². The van der Waals surface area contributed by atoms with Crippen LogP contribution in [0.3, 0.4) is 0 Å². The van der Waals surface area contributed by atoms with Crippen molar-refractivity contribution in [3.63, 3.8) is 0 Å². The molecule has 3 aliphatic rings. The Bertz CT molecular complexity index is 572. The van der Waals surface area contributed by atoms with Crippen molar-refractivity contribution < 1.29 is 0 Å². The predicted molar refractivity (Wildman–Crippen MR) is 67.6 cm³/mol. The molecule has 0 aromatic heterocycles. The molecule has 82 valence electrons. The number of fused-ring (bicyclic) bond motifs is 5. The van der Waals surface area contributed by atoms with Gasteiger partial charge in [0.15, 0.2) is 0 Å². The fraction of sp³-hybridized carbons (Fsp3) is 0.500. The first-order valence-corrected chi connectivity index (χ1v) is 6.32. The van der Waals surface area contributed by atoms with Gasteiger partial charge < -0.3 is 0 Å². The van der Waals surface area contributed by atoms with Crippen LogP contribution < -0.4 is 0 Å². The van der Waals surface area contributed by atoms with Gasteiger partial charge in [-0.3, -0.25) is 0 Å². The molecule has 0 heterocycles. The zero-order valence-corrected chi connectivity index (χ0v) is 10.6. The van der Waals surface area contributed by atoms with Gasteiger partial charge >= 0.3 is 0 Å². The van der Waals surface area contributed by atoms with E-state index in [2.05, 4.69) is 39.8 Å². The molecule has 0 bridgehead atoms. The van der Waals surface area contributed by atoms with Crippen molar-refractivity contribution in [3.8, 4) is 0 Å². The normalized spacial score (nSPS) is 31.8. The molecule has 0 aliphatic heterocycles. The van der Waals surface area contributed by atoms with E-state index in [0.29, 0.717) is 10.8 Å². The van der Waals surface area contributed by atoms with E-state index in [1.54, 1.807) is 33.4 Å². The first-order valence-electron chi connectivity index (χ1n) is 6.32. The molecular weight excluding hydrogens is 192 g/mol. The largest absolute Gasteiger partial charge is 0.0593 e. The summed E-state index contributed by atoms with van der Waals surface area (Å²) in [5.74, 6) is 0. The summed E-state index contributed by atoms with van der Waals surface area (Å²) in [6.45, 7) is 9.45. The van der Waals surface area contributed by atoms with Gasteiger partial charge in [-0.1, -0.05) is 31.6 Å². The Balaban J connectivity index is 1.88. The van der Waals surface area contributed by atoms with Gasteiger partial charge in [0.2, 0.25) is 0 Å². The summed E-state index contributed by atoms with van der Waals surface area (Å²) >= 11 is 0. The number of rotatable bonds is 0. The maximum atomic E-state index is 2.50. The summed E-state index contributed by atoms with van der Waals surface area (Å²) < 4.78 is 0. The molecule has 0 heteroatoms. The van der Waals surface area contributed by atoms with Crippen molar-refractivity contribution >= 4 is 5.57 Å². The molecule has 4 rings (SSSR count). The standard InChI is InChI=1S/C16H18/c1-9-14-12-5-10-7-15(2,3)8-11(10)6-13(12)16(9,14)4/h5-6H,7-8H2,1-4H3. The van der Waals surface area contributed by atoms with E-state index in [1.165, 1.54) is 12.8 Å². The van der Waals surface area contributed by atoms with Gasteiger partial charge in [-0.25, -0.2) is 0 Å². The first kappa shape index (κ1) is 9.04. The van der Waals surface area contributed by atoms with Crippen molar-refractivity contribution in [1.82, 2.24) is 0 Å². The second kappa shape index (κ2) is 2.16. The number of allylic oxidation sites excluding steroid dienone is 2. The highest BCUT2D eigenvalue weighted by molar-refractivity contribution is 6.05. The van der Waals surface area contributed by atoms with Crippen molar-refractivity contribution in [2.24, 2.45) is 5.41 Å². The Morgan fingerprint density at radius 3 is 2.31 bits per heavy atom. The Labute approximate surface area is 97.4 Å². The molecule has 16 heavy (non-hydrogen) atoms. The van der Waals surface area contributed by atoms with Crippen LogP contribution in [-0.4, -0.2) is 0 Å². The molecule has 1 atom stereocenters. The van der Waals surface area contributed by atoms with Gasteiger partial charge in [0, 0.05) is 5.41 Å². The van der Waals surface area contributed by atoms with Crippen molar-refractivity contribution in [3.05, 3.63) is 40.0 Å². The van der Waals surface area contributed by atoms with E-state index < -0.39 is 0 Å². The van der Waals surface area contributed by atoms with E-state index in [0.717, 1.165) is 0 Å². The van der Waals surface area contributed by atoms with Crippen LogP contribution in [0.4, 0.5) is 0 Å². The highest BCUT2D eigenvalue weighted by atomic mass is 14.6. The Morgan fingerprint density at radius 2 is 1.62 bits per heavy atom. The van der Waals surface area contributed by atoms with Crippen LogP contribution in [0.2, 0.25) is 0 Å². The molecule has 0 fully saturated rings. The highest BCUT2D eigenvalue weighted by Gasteiger charge is 2.58. The van der Waals surface area contributed by atoms with Crippen LogP contribution in [0.1, 0.15) is 49.9 Å². The van der Waals surface area contributed by atoms with E-state index in [1.807, 2.05) is 0 Å². The number of hydrogen-bond donors (Lipinski definition) is 0. The average Bonchev–Trinajstić information content (AvgIpc) is 2.50. The molecule has 0 saturated heterocycles. The Kier molecular flexibility index (Phi) is 1.22. The number of benzene rings is 1. The van der Waals surface area contributed by atoms with Gasteiger partial charge in [0.25, 0.3) is 0 Å². The highest BCUT2D eigenvalue weighted by Crippen LogP contribution is 2.69. The summed E-state index contributed by atoms with van der Waals surface area (Å²) in [4.78, 5) is 0. The van der Waals surface area contributed by atoms with Gasteiger partial charge in [0.1, 0.15) is 0 Å². The third-order valence-electron chi connectivity index (χ3n) is 5.05. The molecule has 0 nitrogen and oxygen atoms in total. The minimum absolute atomic E-state index is 0.400. The molecule has 1 aromatic rings. The smallest absolute Gasteiger partial charge is 0.0398 e. The molecule has 3 aliphatic carbocycles. The summed E-state index contributed by atoms with van der Waals surface area (Å²) in [5, 5.41) is 0. The maximum absolute atomic E-state index is 2.50. The average molecular weight is 210 g/mol. The lowest BCUT2D eigenvalue weighted by Gasteiger charge is -2.28. The third kappa shape index (κ3) is 0.773. The second-order valence-electron chi connectivity index (χ2n) is 6.81. The maximum Gasteiger partial charge on any atom is 0.0398 e. The minimum Gasteiger partial charge on any atom is -0.0593 e. The molecule has 0 spiro atoms. The zero-order valence-electron chi connectivity index (χ0n) is 10.6. The topological polar surface area (TPSA) is 0 Å². The lowest BCUT2D eigenvalue weighted by molar-refractivity contribution is 0.392. The predicted octanol–water partition coefficient (Wildman–Crippen LogP) is 3.87. The van der Waals surface area contributed by atoms with E-state index in [4.69, 9.17) is 0 Å². The minimum atomic E-state index is 0.400. The first-order chi connectivity index (χ1) is 7.43. The van der Waals surface area contributed by atoms with Crippen LogP contribution in [0, 0.1) is 5.41 Å². The van der Waals surface area contributed by atoms with Gasteiger partial charge in [-0.05, 0) is 59.9 Å². The third-order valence-corrected chi connectivity index (χ3v) is 5.05. The number of hydrogen-bond acceptors (Lipinski definition) is 0. The van der Waals surface area contributed by atoms with Crippen molar-refractivity contribution in [2.45, 2.75) is 46.0 Å². The van der Waals surface area contributed by atoms with E-state index >= 15 is 0 Å². The lowest BCUT2D eigenvalue weighted by Crippen LogP contribution is -2.19. The lowest BCUT2D eigenvalue weighted by atomic mass is 9.74. The molecule has 0 radical (unpaired) electrons. The molecular formula is C16H18. The second-order valence-corrected chi connectivity index (χ2v) is 6.81. The quantitative estimate of drug-likeness (QED) is 0.610. The summed E-state index contributed by atoms with van der Waals surface area (Å²) in [6, 6.07) is 4.98. The summed E-state index contributed by atoms with van der Waals surface area (Å²) in [6.07, 6.45) is 2.53. The SMILES string of the molecule is CC1=C2c3cc4c(cc3C12C)CC(C)(C)C4. The van der Waals surface area contributed by atoms with Crippen LogP contribution in [-0.2, 0) is 18.3 Å². The van der Waals surface area contributed by atoms with Gasteiger partial charge in [0.05, 0.1) is 0 Å². The van der Waals surface area contributed by atoms with Gasteiger partial charge in [-0.15, -0.1) is 0 Å². The monoisotopic (exact) mass is 210 g/mol. The van der Waals surface area contributed by atoms with Crippen LogP contribution >= 0.6 is 0 Å². The summed E-state index contributed by atoms with van der Waals surface area (Å²) in [7, 11) is 0. The molecule has 0 saturated carbocycles. The molecule has 0 amide bonds. The fourth-order valence-corrected chi connectivity index (χ4v) is 4.01. The fourth-order valence-electron chi connectivity index (χ4n) is 4.01. The Morgan fingerprint density at radius 1 is 1.00 bits per heavy atom. The Hall–Kier alpha value is -1.04. The van der Waals surface area contributed by atoms with Crippen LogP contribution in [0.25, 0.3) is 5.57 Å². The zero-order chi connectivity index (χ0) is 11.3. The van der Waals surface area contributed by atoms with E-state index in [-0.39, 0.29) is 0 Å². The molecule has 0 N–H and O–H groups in total.